The van der Waals surface area contributed by atoms with Crippen LogP contribution in [-0.2, 0) is 20.1 Å². The largest absolute Gasteiger partial charge is 0.343 e. The third-order valence-electron chi connectivity index (χ3n) is 3.55. The fourth-order valence-electron chi connectivity index (χ4n) is 2.63. The van der Waals surface area contributed by atoms with Crippen molar-refractivity contribution in [3.8, 4) is 0 Å². The van der Waals surface area contributed by atoms with Crippen LogP contribution in [0.3, 0.4) is 0 Å². The van der Waals surface area contributed by atoms with Gasteiger partial charge in [-0.3, -0.25) is 4.68 Å². The molecule has 0 aliphatic carbocycles. The van der Waals surface area contributed by atoms with Crippen LogP contribution in [0, 0.1) is 0 Å². The third kappa shape index (κ3) is 2.47. The van der Waals surface area contributed by atoms with Crippen molar-refractivity contribution in [2.75, 3.05) is 6.54 Å². The van der Waals surface area contributed by atoms with Crippen LogP contribution in [0.2, 0.25) is 0 Å². The van der Waals surface area contributed by atoms with E-state index >= 15 is 0 Å². The van der Waals surface area contributed by atoms with Crippen LogP contribution < -0.4 is 5.32 Å². The molecular weight excluding hydrogens is 248 g/mol. The van der Waals surface area contributed by atoms with Crippen molar-refractivity contribution in [2.24, 2.45) is 7.05 Å². The molecule has 0 spiro atoms. The topological polar surface area (TPSA) is 34.8 Å². The van der Waals surface area contributed by atoms with E-state index in [1.165, 1.54) is 22.0 Å². The zero-order valence-electron chi connectivity index (χ0n) is 12.0. The van der Waals surface area contributed by atoms with E-state index in [1.54, 1.807) is 0 Å². The lowest BCUT2D eigenvalue weighted by Crippen LogP contribution is -2.13. The van der Waals surface area contributed by atoms with Crippen molar-refractivity contribution >= 4 is 10.9 Å². The number of nitrogens with zero attached hydrogens (tertiary/aromatic N) is 3. The van der Waals surface area contributed by atoms with Crippen LogP contribution >= 0.6 is 0 Å². The van der Waals surface area contributed by atoms with Gasteiger partial charge in [0.25, 0.3) is 0 Å². The number of benzene rings is 1. The third-order valence-corrected chi connectivity index (χ3v) is 3.55. The Morgan fingerprint density at radius 3 is 2.90 bits per heavy atom. The first-order valence-electron chi connectivity index (χ1n) is 7.03. The molecule has 0 saturated heterocycles. The average molecular weight is 268 g/mol. The van der Waals surface area contributed by atoms with E-state index in [9.17, 15) is 0 Å². The summed E-state index contributed by atoms with van der Waals surface area (Å²) in [6, 6.07) is 8.68. The minimum atomic E-state index is 0.862. The van der Waals surface area contributed by atoms with Crippen molar-refractivity contribution in [2.45, 2.75) is 20.0 Å². The first-order chi connectivity index (χ1) is 9.78. The molecule has 0 radical (unpaired) electrons. The lowest BCUT2D eigenvalue weighted by Gasteiger charge is -2.09. The Hall–Kier alpha value is -2.07. The molecule has 0 unspecified atom stereocenters. The summed E-state index contributed by atoms with van der Waals surface area (Å²) in [6.45, 7) is 4.89. The highest BCUT2D eigenvalue weighted by Crippen LogP contribution is 2.21. The zero-order chi connectivity index (χ0) is 13.9. The van der Waals surface area contributed by atoms with Crippen LogP contribution in [0.25, 0.3) is 10.9 Å². The number of aromatic nitrogens is 3. The van der Waals surface area contributed by atoms with E-state index in [0.29, 0.717) is 0 Å². The SMILES string of the molecule is CCNCc1cccc2ccn(Cc3cnn(C)c3)c12. The molecule has 1 aromatic carbocycles. The average Bonchev–Trinajstić information content (AvgIpc) is 3.04. The molecule has 2 aromatic heterocycles. The van der Waals surface area contributed by atoms with Crippen LogP contribution in [-0.4, -0.2) is 20.9 Å². The molecule has 0 bridgehead atoms. The first kappa shape index (κ1) is 12.9. The van der Waals surface area contributed by atoms with Gasteiger partial charge in [0.05, 0.1) is 18.3 Å². The molecule has 0 fully saturated rings. The van der Waals surface area contributed by atoms with Crippen LogP contribution in [0.1, 0.15) is 18.1 Å². The van der Waals surface area contributed by atoms with Crippen molar-refractivity contribution in [1.29, 1.82) is 0 Å². The number of rotatable bonds is 5. The van der Waals surface area contributed by atoms with Gasteiger partial charge < -0.3 is 9.88 Å². The molecular formula is C16H20N4. The number of nitrogens with one attached hydrogen (secondary N) is 1. The summed E-state index contributed by atoms with van der Waals surface area (Å²) in [5.74, 6) is 0. The maximum absolute atomic E-state index is 4.24. The molecule has 1 N–H and O–H groups in total. The number of hydrogen-bond donors (Lipinski definition) is 1. The summed E-state index contributed by atoms with van der Waals surface area (Å²) in [4.78, 5) is 0. The van der Waals surface area contributed by atoms with Gasteiger partial charge in [0.15, 0.2) is 0 Å². The lowest BCUT2D eigenvalue weighted by atomic mass is 10.1. The quantitative estimate of drug-likeness (QED) is 0.771. The summed E-state index contributed by atoms with van der Waals surface area (Å²) in [6.07, 6.45) is 6.16. The summed E-state index contributed by atoms with van der Waals surface area (Å²) < 4.78 is 4.15. The number of para-hydroxylation sites is 1. The normalized spacial score (nSPS) is 11.3. The molecule has 2 heterocycles. The second-order valence-electron chi connectivity index (χ2n) is 5.10. The summed E-state index contributed by atoms with van der Waals surface area (Å²) in [5, 5.41) is 8.95. The predicted octanol–water partition coefficient (Wildman–Crippen LogP) is 2.53. The first-order valence-corrected chi connectivity index (χ1v) is 7.03. The van der Waals surface area contributed by atoms with Crippen molar-refractivity contribution in [3.63, 3.8) is 0 Å². The van der Waals surface area contributed by atoms with Crippen molar-refractivity contribution in [1.82, 2.24) is 19.7 Å². The van der Waals surface area contributed by atoms with Gasteiger partial charge in [-0.1, -0.05) is 25.1 Å². The molecule has 3 aromatic rings. The highest BCUT2D eigenvalue weighted by molar-refractivity contribution is 5.83. The van der Waals surface area contributed by atoms with Gasteiger partial charge >= 0.3 is 0 Å². The second kappa shape index (κ2) is 5.51. The Balaban J connectivity index is 1.98. The molecule has 0 atom stereocenters. The molecule has 0 saturated carbocycles. The van der Waals surface area contributed by atoms with E-state index in [-0.39, 0.29) is 0 Å². The summed E-state index contributed by atoms with van der Waals surface area (Å²) in [5.41, 5.74) is 3.89. The number of hydrogen-bond acceptors (Lipinski definition) is 2. The highest BCUT2D eigenvalue weighted by atomic mass is 15.2. The number of fused-ring (bicyclic) bond motifs is 1. The molecule has 0 aliphatic heterocycles. The zero-order valence-corrected chi connectivity index (χ0v) is 12.0. The Labute approximate surface area is 119 Å². The van der Waals surface area contributed by atoms with E-state index < -0.39 is 0 Å². The standard InChI is InChI=1S/C16H20N4/c1-3-17-10-15-6-4-5-14-7-8-20(16(14)15)12-13-9-18-19(2)11-13/h4-9,11,17H,3,10,12H2,1-2H3. The van der Waals surface area contributed by atoms with E-state index in [4.69, 9.17) is 0 Å². The van der Waals surface area contributed by atoms with Gasteiger partial charge in [-0.05, 0) is 23.6 Å². The van der Waals surface area contributed by atoms with Crippen LogP contribution in [0.15, 0.2) is 42.9 Å². The van der Waals surface area contributed by atoms with E-state index in [0.717, 1.165) is 19.6 Å². The Bertz CT molecular complexity index is 708. The minimum Gasteiger partial charge on any atom is -0.343 e. The van der Waals surface area contributed by atoms with Crippen molar-refractivity contribution < 1.29 is 0 Å². The molecule has 4 heteroatoms. The maximum Gasteiger partial charge on any atom is 0.0539 e. The number of aryl methyl sites for hydroxylation is 1. The summed E-state index contributed by atoms with van der Waals surface area (Å²) >= 11 is 0. The van der Waals surface area contributed by atoms with Crippen LogP contribution in [0.5, 0.6) is 0 Å². The second-order valence-corrected chi connectivity index (χ2v) is 5.10. The van der Waals surface area contributed by atoms with Gasteiger partial charge in [-0.15, -0.1) is 0 Å². The van der Waals surface area contributed by atoms with Gasteiger partial charge in [-0.25, -0.2) is 0 Å². The van der Waals surface area contributed by atoms with Crippen molar-refractivity contribution in [3.05, 3.63) is 54.0 Å². The Morgan fingerprint density at radius 1 is 1.25 bits per heavy atom. The monoisotopic (exact) mass is 268 g/mol. The van der Waals surface area contributed by atoms with Gasteiger partial charge in [0.1, 0.15) is 0 Å². The van der Waals surface area contributed by atoms with E-state index in [2.05, 4.69) is 58.6 Å². The van der Waals surface area contributed by atoms with Crippen LogP contribution in [0.4, 0.5) is 0 Å². The molecule has 104 valence electrons. The molecule has 0 aliphatic rings. The molecule has 3 rings (SSSR count). The summed E-state index contributed by atoms with van der Waals surface area (Å²) in [7, 11) is 1.95. The van der Waals surface area contributed by atoms with Gasteiger partial charge in [0.2, 0.25) is 0 Å². The highest BCUT2D eigenvalue weighted by Gasteiger charge is 2.07. The van der Waals surface area contributed by atoms with E-state index in [1.807, 2.05) is 17.9 Å². The molecule has 4 nitrogen and oxygen atoms in total. The van der Waals surface area contributed by atoms with Gasteiger partial charge in [0, 0.05) is 31.5 Å². The fourth-order valence-corrected chi connectivity index (χ4v) is 2.63. The maximum atomic E-state index is 4.24. The molecule has 20 heavy (non-hydrogen) atoms. The lowest BCUT2D eigenvalue weighted by molar-refractivity contribution is 0.724. The Kier molecular flexibility index (Phi) is 3.56. The fraction of sp³-hybridized carbons (Fsp3) is 0.312. The predicted molar refractivity (Wildman–Crippen MR) is 81.6 cm³/mol. The van der Waals surface area contributed by atoms with Gasteiger partial charge in [-0.2, -0.15) is 5.10 Å². The smallest absolute Gasteiger partial charge is 0.0539 e. The molecule has 0 amide bonds. The Morgan fingerprint density at radius 2 is 2.15 bits per heavy atom. The minimum absolute atomic E-state index is 0.862.